The van der Waals surface area contributed by atoms with Gasteiger partial charge in [0.1, 0.15) is 17.6 Å². The van der Waals surface area contributed by atoms with Crippen LogP contribution in [0.4, 0.5) is 4.79 Å². The van der Waals surface area contributed by atoms with Gasteiger partial charge in [-0.1, -0.05) is 26.0 Å². The molecular formula is C45H47N5O12. The van der Waals surface area contributed by atoms with Crippen molar-refractivity contribution in [2.24, 2.45) is 11.8 Å². The summed E-state index contributed by atoms with van der Waals surface area (Å²) in [4.78, 5) is 44.5. The van der Waals surface area contributed by atoms with E-state index in [9.17, 15) is 24.6 Å². The Morgan fingerprint density at radius 2 is 1.53 bits per heavy atom. The van der Waals surface area contributed by atoms with Gasteiger partial charge in [-0.05, 0) is 70.6 Å². The zero-order valence-corrected chi connectivity index (χ0v) is 34.9. The van der Waals surface area contributed by atoms with E-state index in [1.165, 1.54) is 32.0 Å². The average molecular weight is 850 g/mol. The quantitative estimate of drug-likeness (QED) is 0.150. The molecule has 5 aromatic rings. The lowest BCUT2D eigenvalue weighted by Crippen LogP contribution is -2.49. The van der Waals surface area contributed by atoms with Crippen LogP contribution in [0, 0.1) is 11.8 Å². The van der Waals surface area contributed by atoms with Gasteiger partial charge in [-0.15, -0.1) is 0 Å². The summed E-state index contributed by atoms with van der Waals surface area (Å²) in [7, 11) is 4.60. The maximum absolute atomic E-state index is 14.0. The molecule has 3 N–H and O–H groups in total. The summed E-state index contributed by atoms with van der Waals surface area (Å²) < 4.78 is 42.0. The first-order valence-electron chi connectivity index (χ1n) is 20.4. The van der Waals surface area contributed by atoms with E-state index in [-0.39, 0.29) is 36.6 Å². The van der Waals surface area contributed by atoms with E-state index in [0.29, 0.717) is 83.8 Å². The number of hydrogen-bond acceptors (Lipinski definition) is 14. The number of rotatable bonds is 10. The standard InChI is InChI=1S/C45H47N5O12/c1-23(2)27-16-30(33(52)19-32(27)51)42-46-47-44(54)50(42)26-8-6-24(7-9-26)20-48-10-12-49(13-11-48)45(55)62-40-29-18-35-34(60-22-61-35)17-28(29)38(39-31(40)21-59-43(39)53)25-14-36(56-3)41(58-5)37(15-25)57-4/h6-9,14-19,23,31,38-40,51-52H,10-13,20-22H2,1-5H3,(H,47,54)/t31-,38+,39+,40-/m0/s1. The zero-order chi connectivity index (χ0) is 43.4. The van der Waals surface area contributed by atoms with Crippen LogP contribution in [0.15, 0.2) is 65.5 Å². The van der Waals surface area contributed by atoms with Crippen molar-refractivity contribution < 1.29 is 53.0 Å². The highest BCUT2D eigenvalue weighted by Crippen LogP contribution is 2.56. The Kier molecular flexibility index (Phi) is 10.6. The van der Waals surface area contributed by atoms with Crippen LogP contribution in [-0.2, 0) is 20.8 Å². The molecule has 1 amide bonds. The number of hydrogen-bond donors (Lipinski definition) is 3. The fraction of sp³-hybridized carbons (Fsp3) is 0.378. The number of nitrogens with zero attached hydrogens (tertiary/aromatic N) is 4. The molecule has 17 nitrogen and oxygen atoms in total. The molecule has 0 saturated carbocycles. The number of aromatic amines is 1. The molecule has 324 valence electrons. The molecule has 0 bridgehead atoms. The van der Waals surface area contributed by atoms with Gasteiger partial charge in [0.2, 0.25) is 12.5 Å². The summed E-state index contributed by atoms with van der Waals surface area (Å²) in [6.07, 6.45) is -1.30. The minimum Gasteiger partial charge on any atom is -0.508 e. The zero-order valence-electron chi connectivity index (χ0n) is 34.9. The molecule has 4 heterocycles. The number of phenols is 2. The normalized spacial score (nSPS) is 20.4. The second-order valence-corrected chi connectivity index (χ2v) is 16.1. The van der Waals surface area contributed by atoms with Crippen molar-refractivity contribution in [1.29, 1.82) is 0 Å². The number of aromatic nitrogens is 3. The second kappa shape index (κ2) is 16.2. The van der Waals surface area contributed by atoms with Crippen LogP contribution in [0.25, 0.3) is 17.1 Å². The van der Waals surface area contributed by atoms with E-state index in [0.717, 1.165) is 16.7 Å². The van der Waals surface area contributed by atoms with Crippen molar-refractivity contribution in [2.75, 3.05) is 60.9 Å². The number of benzene rings is 4. The number of cyclic esters (lactones) is 1. The first-order valence-corrected chi connectivity index (χ1v) is 20.4. The largest absolute Gasteiger partial charge is 0.508 e. The minimum atomic E-state index is -0.809. The van der Waals surface area contributed by atoms with Crippen molar-refractivity contribution in [3.05, 3.63) is 99.0 Å². The Balaban J connectivity index is 0.908. The van der Waals surface area contributed by atoms with Gasteiger partial charge < -0.3 is 48.3 Å². The smallest absolute Gasteiger partial charge is 0.410 e. The molecule has 2 fully saturated rings. The van der Waals surface area contributed by atoms with E-state index in [2.05, 4.69) is 15.1 Å². The van der Waals surface area contributed by atoms with Crippen LogP contribution < -0.4 is 29.4 Å². The molecule has 1 aromatic heterocycles. The number of aromatic hydroxyl groups is 2. The lowest BCUT2D eigenvalue weighted by Gasteiger charge is -2.40. The number of nitrogens with one attached hydrogen (secondary N) is 1. The molecule has 0 unspecified atom stereocenters. The number of esters is 1. The Labute approximate surface area is 356 Å². The monoisotopic (exact) mass is 849 g/mol. The number of amides is 1. The van der Waals surface area contributed by atoms with Crippen molar-refractivity contribution >= 4 is 12.1 Å². The minimum absolute atomic E-state index is 0.0283. The number of phenolic OH excluding ortho intramolecular Hbond substituents is 2. The van der Waals surface area contributed by atoms with Crippen LogP contribution in [0.3, 0.4) is 0 Å². The molecule has 62 heavy (non-hydrogen) atoms. The topological polar surface area (TPSA) is 196 Å². The SMILES string of the molecule is COc1cc([C@@H]2c3cc4c(cc3[C@H](OC(=O)N3CCN(Cc5ccc(-n6c(-c7cc(C(C)C)c(O)cc7O)n[nH]c6=O)cc5)CC3)[C@H]3COC(=O)[C@@H]23)OCO4)cc(OC)c1OC. The van der Waals surface area contributed by atoms with Gasteiger partial charge in [0.05, 0.1) is 45.1 Å². The van der Waals surface area contributed by atoms with Gasteiger partial charge in [0, 0.05) is 56.2 Å². The highest BCUT2D eigenvalue weighted by Gasteiger charge is 2.54. The Morgan fingerprint density at radius 3 is 2.18 bits per heavy atom. The van der Waals surface area contributed by atoms with Crippen LogP contribution >= 0.6 is 0 Å². The Morgan fingerprint density at radius 1 is 0.855 bits per heavy atom. The molecule has 4 aromatic carbocycles. The van der Waals surface area contributed by atoms with Crippen molar-refractivity contribution in [1.82, 2.24) is 24.6 Å². The van der Waals surface area contributed by atoms with E-state index in [1.807, 2.05) is 62.4 Å². The highest BCUT2D eigenvalue weighted by molar-refractivity contribution is 5.79. The molecule has 17 heteroatoms. The Bertz CT molecular complexity index is 2570. The summed E-state index contributed by atoms with van der Waals surface area (Å²) in [6.45, 7) is 6.54. The lowest BCUT2D eigenvalue weighted by atomic mass is 9.66. The van der Waals surface area contributed by atoms with Crippen LogP contribution in [0.1, 0.15) is 59.6 Å². The van der Waals surface area contributed by atoms with E-state index >= 15 is 0 Å². The molecule has 9 rings (SSSR count). The summed E-state index contributed by atoms with van der Waals surface area (Å²) in [5.74, 6) is 0.195. The Hall–Kier alpha value is -6.88. The third-order valence-electron chi connectivity index (χ3n) is 12.3. The van der Waals surface area contributed by atoms with Crippen LogP contribution in [-0.4, -0.2) is 108 Å². The van der Waals surface area contributed by atoms with Gasteiger partial charge in [0.15, 0.2) is 28.8 Å². The van der Waals surface area contributed by atoms with E-state index in [4.69, 9.17) is 33.2 Å². The molecule has 3 aliphatic heterocycles. The number of ether oxygens (including phenoxy) is 7. The summed E-state index contributed by atoms with van der Waals surface area (Å²) >= 11 is 0. The molecule has 0 spiro atoms. The molecule has 4 aliphatic rings. The fourth-order valence-corrected chi connectivity index (χ4v) is 9.18. The number of carbonyl (C=O) groups excluding carboxylic acids is 2. The second-order valence-electron chi connectivity index (χ2n) is 16.1. The lowest BCUT2D eigenvalue weighted by molar-refractivity contribution is -0.141. The maximum Gasteiger partial charge on any atom is 0.410 e. The molecule has 1 aliphatic carbocycles. The third-order valence-corrected chi connectivity index (χ3v) is 12.3. The number of carbonyl (C=O) groups is 2. The van der Waals surface area contributed by atoms with Crippen LogP contribution in [0.5, 0.6) is 40.2 Å². The molecule has 2 saturated heterocycles. The maximum atomic E-state index is 14.0. The predicted octanol–water partition coefficient (Wildman–Crippen LogP) is 5.45. The van der Waals surface area contributed by atoms with Gasteiger partial charge in [-0.25, -0.2) is 19.3 Å². The van der Waals surface area contributed by atoms with Crippen molar-refractivity contribution in [3.63, 3.8) is 0 Å². The van der Waals surface area contributed by atoms with Gasteiger partial charge in [-0.2, -0.15) is 5.10 Å². The van der Waals surface area contributed by atoms with Crippen molar-refractivity contribution in [3.8, 4) is 57.3 Å². The van der Waals surface area contributed by atoms with Crippen molar-refractivity contribution in [2.45, 2.75) is 38.3 Å². The fourth-order valence-electron chi connectivity index (χ4n) is 9.18. The number of H-pyrrole nitrogens is 1. The van der Waals surface area contributed by atoms with Gasteiger partial charge in [0.25, 0.3) is 0 Å². The molecular weight excluding hydrogens is 803 g/mol. The number of fused-ring (bicyclic) bond motifs is 3. The number of methoxy groups -OCH3 is 3. The van der Waals surface area contributed by atoms with E-state index < -0.39 is 41.6 Å². The predicted molar refractivity (Wildman–Crippen MR) is 222 cm³/mol. The molecule has 0 radical (unpaired) electrons. The van der Waals surface area contributed by atoms with Gasteiger partial charge in [-0.3, -0.25) is 9.69 Å². The summed E-state index contributed by atoms with van der Waals surface area (Å²) in [6, 6.07) is 17.7. The van der Waals surface area contributed by atoms with Gasteiger partial charge >= 0.3 is 17.8 Å². The number of piperazine rings is 1. The summed E-state index contributed by atoms with van der Waals surface area (Å²) in [5.41, 5.74) is 4.18. The summed E-state index contributed by atoms with van der Waals surface area (Å²) in [5, 5.41) is 27.7. The first-order chi connectivity index (χ1) is 30.0. The highest BCUT2D eigenvalue weighted by atomic mass is 16.7. The van der Waals surface area contributed by atoms with E-state index in [1.54, 1.807) is 11.0 Å². The van der Waals surface area contributed by atoms with Crippen LogP contribution in [0.2, 0.25) is 0 Å². The average Bonchev–Trinajstić information content (AvgIpc) is 4.01. The molecule has 4 atom stereocenters. The third kappa shape index (κ3) is 7.04. The first kappa shape index (κ1) is 40.5.